The zero-order valence-corrected chi connectivity index (χ0v) is 29.9. The Morgan fingerprint density at radius 1 is 0.520 bits per heavy atom. The molecule has 0 spiro atoms. The van der Waals surface area contributed by atoms with Gasteiger partial charge in [0.05, 0.1) is 0 Å². The molecule has 8 rings (SSSR count). The van der Waals surface area contributed by atoms with Crippen LogP contribution in [-0.4, -0.2) is 0 Å². The fraction of sp³-hybridized carbons (Fsp3) is 0.0870. The summed E-state index contributed by atoms with van der Waals surface area (Å²) in [5.41, 5.74) is 5.13. The van der Waals surface area contributed by atoms with Crippen molar-refractivity contribution >= 4 is 51.8 Å². The zero-order chi connectivity index (χ0) is 34.1. The molecule has 0 aliphatic heterocycles. The molecule has 50 heavy (non-hydrogen) atoms. The predicted octanol–water partition coefficient (Wildman–Crippen LogP) is 10.7. The maximum absolute atomic E-state index is 16.6. The van der Waals surface area contributed by atoms with Crippen LogP contribution in [0, 0.1) is 0 Å². The third-order valence-electron chi connectivity index (χ3n) is 10.1. The van der Waals surface area contributed by atoms with E-state index in [4.69, 9.17) is 0 Å². The van der Waals surface area contributed by atoms with Crippen molar-refractivity contribution in [1.29, 1.82) is 0 Å². The van der Waals surface area contributed by atoms with Gasteiger partial charge in [0.1, 0.15) is 0 Å². The molecule has 0 heterocycles. The smallest absolute Gasteiger partial charge is 0.171 e. The van der Waals surface area contributed by atoms with Gasteiger partial charge in [0.15, 0.2) is 14.3 Å². The molecular formula is C46H38O2P2. The monoisotopic (exact) mass is 684 g/mol. The Kier molecular flexibility index (Phi) is 8.62. The van der Waals surface area contributed by atoms with E-state index in [1.165, 1.54) is 5.56 Å². The summed E-state index contributed by atoms with van der Waals surface area (Å²) in [6.45, 7) is 2.08. The van der Waals surface area contributed by atoms with Crippen molar-refractivity contribution in [3.63, 3.8) is 0 Å². The van der Waals surface area contributed by atoms with Crippen molar-refractivity contribution in [2.24, 2.45) is 0 Å². The molecule has 1 atom stereocenters. The van der Waals surface area contributed by atoms with Crippen LogP contribution < -0.4 is 21.2 Å². The van der Waals surface area contributed by atoms with E-state index in [9.17, 15) is 0 Å². The van der Waals surface area contributed by atoms with Gasteiger partial charge in [-0.25, -0.2) is 0 Å². The van der Waals surface area contributed by atoms with Gasteiger partial charge < -0.3 is 9.13 Å². The van der Waals surface area contributed by atoms with Crippen molar-refractivity contribution in [1.82, 2.24) is 0 Å². The third kappa shape index (κ3) is 5.36. The second kappa shape index (κ2) is 13.4. The second-order valence-corrected chi connectivity index (χ2v) is 18.5. The Balaban J connectivity index is 1.59. The van der Waals surface area contributed by atoms with Gasteiger partial charge in [-0.1, -0.05) is 170 Å². The summed E-state index contributed by atoms with van der Waals surface area (Å²) in [4.78, 5) is 0. The average Bonchev–Trinajstić information content (AvgIpc) is 3.41. The summed E-state index contributed by atoms with van der Waals surface area (Å²) in [6, 6.07) is 50.9. The molecule has 0 bridgehead atoms. The van der Waals surface area contributed by atoms with Crippen molar-refractivity contribution < 1.29 is 9.13 Å². The minimum Gasteiger partial charge on any atom is -0.309 e. The first kappa shape index (κ1) is 32.2. The lowest BCUT2D eigenvalue weighted by atomic mass is 9.85. The number of hydrogen-bond acceptors (Lipinski definition) is 2. The maximum Gasteiger partial charge on any atom is 0.171 e. The van der Waals surface area contributed by atoms with Gasteiger partial charge in [-0.15, -0.1) is 0 Å². The number of fused-ring (bicyclic) bond motifs is 2. The zero-order valence-electron chi connectivity index (χ0n) is 28.1. The topological polar surface area (TPSA) is 34.1 Å². The molecule has 4 heteroatoms. The van der Waals surface area contributed by atoms with Gasteiger partial charge in [0.25, 0.3) is 0 Å². The number of benzene rings is 6. The molecule has 0 amide bonds. The highest BCUT2D eigenvalue weighted by Gasteiger charge is 2.41. The van der Waals surface area contributed by atoms with Gasteiger partial charge in [-0.2, -0.15) is 0 Å². The van der Waals surface area contributed by atoms with Gasteiger partial charge in [-0.3, -0.25) is 0 Å². The van der Waals surface area contributed by atoms with Crippen LogP contribution in [0.5, 0.6) is 0 Å². The van der Waals surface area contributed by atoms with Crippen LogP contribution in [0.1, 0.15) is 36.5 Å². The van der Waals surface area contributed by atoms with Gasteiger partial charge in [0.2, 0.25) is 0 Å². The van der Waals surface area contributed by atoms with Crippen molar-refractivity contribution in [3.05, 3.63) is 209 Å². The molecule has 0 N–H and O–H groups in total. The maximum atomic E-state index is 16.6. The Hall–Kier alpha value is -5.00. The van der Waals surface area contributed by atoms with Crippen LogP contribution >= 0.6 is 14.3 Å². The summed E-state index contributed by atoms with van der Waals surface area (Å²) < 4.78 is 33.0. The van der Waals surface area contributed by atoms with Crippen LogP contribution in [0.25, 0.3) is 16.3 Å². The molecule has 0 saturated carbocycles. The average molecular weight is 685 g/mol. The molecule has 0 saturated heterocycles. The SMILES string of the molecule is CC1=C(P(=O)(C2=C(c3c(P(=O)(c4ccccc4)c4ccccc4)ccc4ccccc34)c3ccccc3CC2)c2ccccc2)C=CCC=C1. The van der Waals surface area contributed by atoms with E-state index < -0.39 is 14.3 Å². The number of aryl methyl sites for hydroxylation is 1. The van der Waals surface area contributed by atoms with Crippen LogP contribution in [0.2, 0.25) is 0 Å². The molecular weight excluding hydrogens is 646 g/mol. The molecule has 244 valence electrons. The van der Waals surface area contributed by atoms with Crippen LogP contribution in [0.3, 0.4) is 0 Å². The van der Waals surface area contributed by atoms with Crippen molar-refractivity contribution in [3.8, 4) is 0 Å². The summed E-state index contributed by atoms with van der Waals surface area (Å²) in [5.74, 6) is 0. The molecule has 6 aromatic rings. The summed E-state index contributed by atoms with van der Waals surface area (Å²) in [5, 5.41) is 6.96. The van der Waals surface area contributed by atoms with Crippen LogP contribution in [-0.2, 0) is 15.6 Å². The molecule has 0 radical (unpaired) electrons. The minimum absolute atomic E-state index is 0.622. The second-order valence-electron chi connectivity index (χ2n) is 13.0. The van der Waals surface area contributed by atoms with Crippen molar-refractivity contribution in [2.75, 3.05) is 0 Å². The van der Waals surface area contributed by atoms with Crippen LogP contribution in [0.4, 0.5) is 0 Å². The first-order chi connectivity index (χ1) is 24.5. The van der Waals surface area contributed by atoms with E-state index in [1.807, 2.05) is 91.0 Å². The lowest BCUT2D eigenvalue weighted by molar-refractivity contribution is 0.587. The normalized spacial score (nSPS) is 15.9. The summed E-state index contributed by atoms with van der Waals surface area (Å²) in [7, 11) is -6.91. The lowest BCUT2D eigenvalue weighted by Crippen LogP contribution is -2.28. The van der Waals surface area contributed by atoms with Crippen LogP contribution in [0.15, 0.2) is 192 Å². The number of allylic oxidation sites excluding steroid dienone is 7. The van der Waals surface area contributed by atoms with Gasteiger partial charge in [0, 0.05) is 37.4 Å². The quantitative estimate of drug-likeness (QED) is 0.157. The first-order valence-electron chi connectivity index (χ1n) is 17.3. The minimum atomic E-state index is -3.46. The van der Waals surface area contributed by atoms with E-state index in [-0.39, 0.29) is 0 Å². The first-order valence-corrected chi connectivity index (χ1v) is 20.7. The number of hydrogen-bond donors (Lipinski definition) is 0. The van der Waals surface area contributed by atoms with E-state index in [0.717, 1.165) is 77.7 Å². The lowest BCUT2D eigenvalue weighted by Gasteiger charge is -2.33. The van der Waals surface area contributed by atoms with Gasteiger partial charge in [-0.05, 0) is 65.3 Å². The Labute approximate surface area is 295 Å². The molecule has 0 fully saturated rings. The Bertz CT molecular complexity index is 2410. The predicted molar refractivity (Wildman–Crippen MR) is 213 cm³/mol. The highest BCUT2D eigenvalue weighted by molar-refractivity contribution is 7.85. The number of rotatable bonds is 7. The fourth-order valence-electron chi connectivity index (χ4n) is 7.75. The molecule has 6 aromatic carbocycles. The molecule has 2 nitrogen and oxygen atoms in total. The summed E-state index contributed by atoms with van der Waals surface area (Å²) in [6.07, 6.45) is 10.6. The largest absolute Gasteiger partial charge is 0.309 e. The molecule has 1 unspecified atom stereocenters. The van der Waals surface area contributed by atoms with E-state index >= 15 is 9.13 Å². The Morgan fingerprint density at radius 2 is 1.08 bits per heavy atom. The van der Waals surface area contributed by atoms with Crippen molar-refractivity contribution in [2.45, 2.75) is 26.2 Å². The third-order valence-corrected chi connectivity index (χ3v) is 16.6. The van der Waals surface area contributed by atoms with Gasteiger partial charge >= 0.3 is 0 Å². The molecule has 2 aliphatic carbocycles. The molecule has 0 aromatic heterocycles. The summed E-state index contributed by atoms with van der Waals surface area (Å²) >= 11 is 0. The highest BCUT2D eigenvalue weighted by Crippen LogP contribution is 2.67. The fourth-order valence-corrected chi connectivity index (χ4v) is 14.0. The van der Waals surface area contributed by atoms with E-state index in [1.54, 1.807) is 0 Å². The molecule has 2 aliphatic rings. The Morgan fingerprint density at radius 3 is 1.76 bits per heavy atom. The highest BCUT2D eigenvalue weighted by atomic mass is 31.2. The van der Waals surface area contributed by atoms with E-state index in [2.05, 4.69) is 91.9 Å². The van der Waals surface area contributed by atoms with E-state index in [0.29, 0.717) is 6.42 Å². The standard InChI is InChI=1S/C46H38O2P2/c1-34-18-6-2-13-29-42(34)50(48,39-25-11-5-12-26-39)44-33-31-36-20-15-17-28-41(36)46(44)45-40-27-16-14-19-35(40)30-32-43(45)49(47,37-21-7-3-8-22-37)38-23-9-4-10-24-38/h3-30,32H,2,31,33H2,1H3.